The van der Waals surface area contributed by atoms with Crippen LogP contribution in [0.5, 0.6) is 0 Å². The van der Waals surface area contributed by atoms with Gasteiger partial charge < -0.3 is 11.1 Å². The van der Waals surface area contributed by atoms with Gasteiger partial charge in [-0.25, -0.2) is 0 Å². The number of anilines is 2. The molecule has 0 atom stereocenters. The van der Waals surface area contributed by atoms with E-state index in [1.54, 1.807) is 36.1 Å². The first-order chi connectivity index (χ1) is 8.06. The van der Waals surface area contributed by atoms with Crippen molar-refractivity contribution < 1.29 is 4.79 Å². The molecule has 17 heavy (non-hydrogen) atoms. The number of nitrogens with zero attached hydrogens (tertiary/aromatic N) is 2. The molecular weight excluding hydrogens is 284 g/mol. The summed E-state index contributed by atoms with van der Waals surface area (Å²) in [5.41, 5.74) is 7.46. The summed E-state index contributed by atoms with van der Waals surface area (Å²) in [7, 11) is 1.76. The zero-order valence-corrected chi connectivity index (χ0v) is 10.7. The SMILES string of the molecule is Cn1cc(C(=O)Nc2ccc(Br)c(N)c2)cn1. The van der Waals surface area contributed by atoms with E-state index in [0.29, 0.717) is 16.9 Å². The van der Waals surface area contributed by atoms with Gasteiger partial charge in [0.05, 0.1) is 11.8 Å². The first-order valence-electron chi connectivity index (χ1n) is 4.91. The molecule has 3 N–H and O–H groups in total. The Hall–Kier alpha value is -1.82. The molecule has 6 heteroatoms. The fraction of sp³-hybridized carbons (Fsp3) is 0.0909. The Morgan fingerprint density at radius 1 is 1.53 bits per heavy atom. The smallest absolute Gasteiger partial charge is 0.258 e. The van der Waals surface area contributed by atoms with Crippen molar-refractivity contribution >= 4 is 33.2 Å². The number of rotatable bonds is 2. The Morgan fingerprint density at radius 2 is 2.29 bits per heavy atom. The predicted octanol–water partition coefficient (Wildman–Crippen LogP) is 2.02. The summed E-state index contributed by atoms with van der Waals surface area (Å²) in [5, 5.41) is 6.68. The molecular formula is C11H11BrN4O. The molecule has 1 heterocycles. The number of nitrogen functional groups attached to an aromatic ring is 1. The van der Waals surface area contributed by atoms with Gasteiger partial charge in [-0.1, -0.05) is 0 Å². The van der Waals surface area contributed by atoms with Crippen LogP contribution in [-0.4, -0.2) is 15.7 Å². The standard InChI is InChI=1S/C11H11BrN4O/c1-16-6-7(5-14-16)11(17)15-8-2-3-9(12)10(13)4-8/h2-6H,13H2,1H3,(H,15,17). The van der Waals surface area contributed by atoms with Crippen LogP contribution in [0.4, 0.5) is 11.4 Å². The number of aromatic nitrogens is 2. The van der Waals surface area contributed by atoms with Crippen molar-refractivity contribution in [3.63, 3.8) is 0 Å². The van der Waals surface area contributed by atoms with Crippen LogP contribution in [0.25, 0.3) is 0 Å². The lowest BCUT2D eigenvalue weighted by Crippen LogP contribution is -2.11. The van der Waals surface area contributed by atoms with Gasteiger partial charge in [0.1, 0.15) is 0 Å². The Balaban J connectivity index is 2.15. The average molecular weight is 295 g/mol. The molecule has 0 bridgehead atoms. The Labute approximate surface area is 107 Å². The summed E-state index contributed by atoms with van der Waals surface area (Å²) in [5.74, 6) is -0.208. The van der Waals surface area contributed by atoms with E-state index < -0.39 is 0 Å². The van der Waals surface area contributed by atoms with Crippen molar-refractivity contribution in [3.05, 3.63) is 40.6 Å². The summed E-state index contributed by atoms with van der Waals surface area (Å²) >= 11 is 3.29. The van der Waals surface area contributed by atoms with Crippen molar-refractivity contribution in [3.8, 4) is 0 Å². The summed E-state index contributed by atoms with van der Waals surface area (Å²) in [6, 6.07) is 5.25. The monoisotopic (exact) mass is 294 g/mol. The molecule has 2 rings (SSSR count). The Morgan fingerprint density at radius 3 is 2.88 bits per heavy atom. The van der Waals surface area contributed by atoms with Crippen molar-refractivity contribution in [1.82, 2.24) is 9.78 Å². The molecule has 88 valence electrons. The molecule has 1 aromatic heterocycles. The molecule has 0 unspecified atom stereocenters. The topological polar surface area (TPSA) is 72.9 Å². The minimum Gasteiger partial charge on any atom is -0.398 e. The van der Waals surface area contributed by atoms with Gasteiger partial charge in [-0.3, -0.25) is 9.48 Å². The first kappa shape index (κ1) is 11.7. The molecule has 0 saturated heterocycles. The molecule has 0 spiro atoms. The lowest BCUT2D eigenvalue weighted by molar-refractivity contribution is 0.102. The van der Waals surface area contributed by atoms with E-state index in [9.17, 15) is 4.79 Å². The van der Waals surface area contributed by atoms with Crippen LogP contribution in [-0.2, 0) is 7.05 Å². The number of benzene rings is 1. The van der Waals surface area contributed by atoms with Crippen LogP contribution in [0, 0.1) is 0 Å². The minimum atomic E-state index is -0.208. The van der Waals surface area contributed by atoms with Crippen LogP contribution >= 0.6 is 15.9 Å². The van der Waals surface area contributed by atoms with Gasteiger partial charge in [0.2, 0.25) is 0 Å². The molecule has 0 aliphatic carbocycles. The largest absolute Gasteiger partial charge is 0.398 e. The van der Waals surface area contributed by atoms with Crippen molar-refractivity contribution in [1.29, 1.82) is 0 Å². The zero-order chi connectivity index (χ0) is 12.4. The van der Waals surface area contributed by atoms with E-state index in [2.05, 4.69) is 26.3 Å². The lowest BCUT2D eigenvalue weighted by Gasteiger charge is -2.05. The van der Waals surface area contributed by atoms with Crippen molar-refractivity contribution in [2.24, 2.45) is 7.05 Å². The second-order valence-corrected chi connectivity index (χ2v) is 4.45. The number of nitrogens with two attached hydrogens (primary N) is 1. The summed E-state index contributed by atoms with van der Waals surface area (Å²) in [6.45, 7) is 0. The van der Waals surface area contributed by atoms with Crippen molar-refractivity contribution in [2.45, 2.75) is 0 Å². The molecule has 0 saturated carbocycles. The van der Waals surface area contributed by atoms with Gasteiger partial charge in [0.15, 0.2) is 0 Å². The van der Waals surface area contributed by atoms with Crippen LogP contribution in [0.15, 0.2) is 35.1 Å². The lowest BCUT2D eigenvalue weighted by atomic mass is 10.2. The van der Waals surface area contributed by atoms with E-state index >= 15 is 0 Å². The van der Waals surface area contributed by atoms with E-state index in [4.69, 9.17) is 5.73 Å². The number of nitrogens with one attached hydrogen (secondary N) is 1. The number of amides is 1. The molecule has 1 amide bonds. The maximum Gasteiger partial charge on any atom is 0.258 e. The third-order valence-electron chi connectivity index (χ3n) is 2.22. The highest BCUT2D eigenvalue weighted by molar-refractivity contribution is 9.10. The number of carbonyl (C=O) groups excluding carboxylic acids is 1. The molecule has 0 aliphatic heterocycles. The molecule has 0 fully saturated rings. The van der Waals surface area contributed by atoms with Gasteiger partial charge in [-0.05, 0) is 34.1 Å². The second-order valence-electron chi connectivity index (χ2n) is 3.59. The fourth-order valence-electron chi connectivity index (χ4n) is 1.36. The molecule has 2 aromatic rings. The van der Waals surface area contributed by atoms with Crippen LogP contribution in [0.2, 0.25) is 0 Å². The normalized spacial score (nSPS) is 10.2. The number of hydrogen-bond donors (Lipinski definition) is 2. The maximum absolute atomic E-state index is 11.8. The van der Waals surface area contributed by atoms with E-state index in [-0.39, 0.29) is 5.91 Å². The van der Waals surface area contributed by atoms with Gasteiger partial charge >= 0.3 is 0 Å². The highest BCUT2D eigenvalue weighted by Crippen LogP contribution is 2.23. The summed E-state index contributed by atoms with van der Waals surface area (Å²) < 4.78 is 2.38. The molecule has 0 radical (unpaired) electrons. The van der Waals surface area contributed by atoms with Crippen LogP contribution in [0.3, 0.4) is 0 Å². The van der Waals surface area contributed by atoms with E-state index in [1.165, 1.54) is 6.20 Å². The number of hydrogen-bond acceptors (Lipinski definition) is 3. The number of carbonyl (C=O) groups is 1. The summed E-state index contributed by atoms with van der Waals surface area (Å²) in [6.07, 6.45) is 3.16. The maximum atomic E-state index is 11.8. The second kappa shape index (κ2) is 4.58. The predicted molar refractivity (Wildman–Crippen MR) is 69.7 cm³/mol. The molecule has 1 aromatic carbocycles. The van der Waals surface area contributed by atoms with Gasteiger partial charge in [0.25, 0.3) is 5.91 Å². The highest BCUT2D eigenvalue weighted by Gasteiger charge is 2.08. The quantitative estimate of drug-likeness (QED) is 0.832. The number of aryl methyl sites for hydroxylation is 1. The van der Waals surface area contributed by atoms with E-state index in [0.717, 1.165) is 4.47 Å². The van der Waals surface area contributed by atoms with Gasteiger partial charge in [-0.15, -0.1) is 0 Å². The molecule has 5 nitrogen and oxygen atoms in total. The third kappa shape index (κ3) is 2.65. The number of halogens is 1. The first-order valence-corrected chi connectivity index (χ1v) is 5.70. The van der Waals surface area contributed by atoms with Crippen LogP contribution in [0.1, 0.15) is 10.4 Å². The Kier molecular flexibility index (Phi) is 3.14. The zero-order valence-electron chi connectivity index (χ0n) is 9.14. The van der Waals surface area contributed by atoms with Crippen molar-refractivity contribution in [2.75, 3.05) is 11.1 Å². The third-order valence-corrected chi connectivity index (χ3v) is 2.94. The van der Waals surface area contributed by atoms with Crippen LogP contribution < -0.4 is 11.1 Å². The van der Waals surface area contributed by atoms with Gasteiger partial charge in [0, 0.05) is 29.1 Å². The van der Waals surface area contributed by atoms with E-state index in [1.807, 2.05) is 0 Å². The highest BCUT2D eigenvalue weighted by atomic mass is 79.9. The minimum absolute atomic E-state index is 0.208. The summed E-state index contributed by atoms with van der Waals surface area (Å²) in [4.78, 5) is 11.8. The fourth-order valence-corrected chi connectivity index (χ4v) is 1.61. The molecule has 0 aliphatic rings. The Bertz CT molecular complexity index is 564. The average Bonchev–Trinajstić information content (AvgIpc) is 2.70. The van der Waals surface area contributed by atoms with Gasteiger partial charge in [-0.2, -0.15) is 5.10 Å².